The standard InChI is InChI=1S/C16H17N3O/c1-11-6-7-15(20-2)12(9-11)16(17)13-10-18-19-8-4-3-5-14(13)19/h3-10,16H,17H2,1-2H3. The molecule has 0 saturated carbocycles. The van der Waals surface area contributed by atoms with Crippen LogP contribution in [0.1, 0.15) is 22.7 Å². The van der Waals surface area contributed by atoms with Gasteiger partial charge in [0.05, 0.1) is 24.9 Å². The Bertz CT molecular complexity index is 748. The second kappa shape index (κ2) is 4.98. The molecule has 0 aliphatic carbocycles. The molecule has 2 N–H and O–H groups in total. The summed E-state index contributed by atoms with van der Waals surface area (Å²) >= 11 is 0. The van der Waals surface area contributed by atoms with Crippen LogP contribution < -0.4 is 10.5 Å². The van der Waals surface area contributed by atoms with Gasteiger partial charge in [0.1, 0.15) is 5.75 Å². The van der Waals surface area contributed by atoms with Crippen molar-refractivity contribution in [3.05, 3.63) is 65.5 Å². The number of hydrogen-bond acceptors (Lipinski definition) is 3. The van der Waals surface area contributed by atoms with Gasteiger partial charge in [-0.25, -0.2) is 4.52 Å². The Balaban J connectivity index is 2.13. The molecule has 102 valence electrons. The summed E-state index contributed by atoms with van der Waals surface area (Å²) < 4.78 is 7.26. The number of methoxy groups -OCH3 is 1. The van der Waals surface area contributed by atoms with Gasteiger partial charge in [0, 0.05) is 17.3 Å². The Labute approximate surface area is 117 Å². The van der Waals surface area contributed by atoms with E-state index in [1.54, 1.807) is 7.11 Å². The maximum Gasteiger partial charge on any atom is 0.123 e. The number of fused-ring (bicyclic) bond motifs is 1. The molecule has 1 aromatic carbocycles. The quantitative estimate of drug-likeness (QED) is 0.793. The molecular weight excluding hydrogens is 250 g/mol. The third-order valence-corrected chi connectivity index (χ3v) is 3.51. The number of hydrogen-bond donors (Lipinski definition) is 1. The van der Waals surface area contributed by atoms with Gasteiger partial charge in [0.2, 0.25) is 0 Å². The van der Waals surface area contributed by atoms with E-state index in [4.69, 9.17) is 10.5 Å². The van der Waals surface area contributed by atoms with E-state index in [0.717, 1.165) is 28.0 Å². The summed E-state index contributed by atoms with van der Waals surface area (Å²) in [4.78, 5) is 0. The molecule has 0 bridgehead atoms. The average Bonchev–Trinajstić information content (AvgIpc) is 2.90. The van der Waals surface area contributed by atoms with E-state index in [1.807, 2.05) is 54.2 Å². The first-order valence-electron chi connectivity index (χ1n) is 6.53. The smallest absolute Gasteiger partial charge is 0.123 e. The molecule has 2 aromatic heterocycles. The SMILES string of the molecule is COc1ccc(C)cc1C(N)c1cnn2ccccc12. The van der Waals surface area contributed by atoms with Gasteiger partial charge in [-0.05, 0) is 25.1 Å². The van der Waals surface area contributed by atoms with Crippen LogP contribution in [0.5, 0.6) is 5.75 Å². The summed E-state index contributed by atoms with van der Waals surface area (Å²) in [6.45, 7) is 2.05. The van der Waals surface area contributed by atoms with Crippen LogP contribution in [0.2, 0.25) is 0 Å². The third-order valence-electron chi connectivity index (χ3n) is 3.51. The van der Waals surface area contributed by atoms with Crippen molar-refractivity contribution in [1.82, 2.24) is 9.61 Å². The molecule has 0 spiro atoms. The summed E-state index contributed by atoms with van der Waals surface area (Å²) in [5.41, 5.74) is 10.6. The molecule has 4 nitrogen and oxygen atoms in total. The number of ether oxygens (including phenoxy) is 1. The highest BCUT2D eigenvalue weighted by molar-refractivity contribution is 5.58. The van der Waals surface area contributed by atoms with Crippen LogP contribution in [0.4, 0.5) is 0 Å². The maximum absolute atomic E-state index is 6.44. The fourth-order valence-corrected chi connectivity index (χ4v) is 2.46. The Morgan fingerprint density at radius 1 is 1.20 bits per heavy atom. The molecule has 3 aromatic rings. The average molecular weight is 267 g/mol. The number of pyridine rings is 1. The topological polar surface area (TPSA) is 52.5 Å². The second-order valence-electron chi connectivity index (χ2n) is 4.85. The first kappa shape index (κ1) is 12.7. The molecule has 0 aliphatic heterocycles. The molecule has 0 saturated heterocycles. The van der Waals surface area contributed by atoms with Gasteiger partial charge in [-0.1, -0.05) is 23.8 Å². The van der Waals surface area contributed by atoms with Gasteiger partial charge in [-0.3, -0.25) is 0 Å². The van der Waals surface area contributed by atoms with Gasteiger partial charge in [0.15, 0.2) is 0 Å². The number of nitrogens with zero attached hydrogens (tertiary/aromatic N) is 2. The fraction of sp³-hybridized carbons (Fsp3) is 0.188. The number of aryl methyl sites for hydroxylation is 1. The lowest BCUT2D eigenvalue weighted by Gasteiger charge is -2.15. The van der Waals surface area contributed by atoms with Crippen molar-refractivity contribution in [2.24, 2.45) is 5.73 Å². The Morgan fingerprint density at radius 2 is 2.05 bits per heavy atom. The van der Waals surface area contributed by atoms with Crippen molar-refractivity contribution in [3.63, 3.8) is 0 Å². The molecular formula is C16H17N3O. The van der Waals surface area contributed by atoms with Crippen molar-refractivity contribution in [3.8, 4) is 5.75 Å². The van der Waals surface area contributed by atoms with Crippen LogP contribution in [-0.4, -0.2) is 16.7 Å². The van der Waals surface area contributed by atoms with Crippen LogP contribution in [0.15, 0.2) is 48.8 Å². The zero-order valence-corrected chi connectivity index (χ0v) is 11.6. The Morgan fingerprint density at radius 3 is 2.85 bits per heavy atom. The van der Waals surface area contributed by atoms with Gasteiger partial charge in [-0.2, -0.15) is 5.10 Å². The van der Waals surface area contributed by atoms with Crippen molar-refractivity contribution < 1.29 is 4.74 Å². The van der Waals surface area contributed by atoms with Crippen LogP contribution >= 0.6 is 0 Å². The van der Waals surface area contributed by atoms with Gasteiger partial charge in [-0.15, -0.1) is 0 Å². The van der Waals surface area contributed by atoms with Crippen molar-refractivity contribution in [1.29, 1.82) is 0 Å². The molecule has 0 aliphatic rings. The zero-order chi connectivity index (χ0) is 14.1. The van der Waals surface area contributed by atoms with Crippen LogP contribution in [0.25, 0.3) is 5.52 Å². The summed E-state index contributed by atoms with van der Waals surface area (Å²) in [6.07, 6.45) is 3.74. The highest BCUT2D eigenvalue weighted by Gasteiger charge is 2.18. The fourth-order valence-electron chi connectivity index (χ4n) is 2.46. The van der Waals surface area contributed by atoms with E-state index in [9.17, 15) is 0 Å². The van der Waals surface area contributed by atoms with Gasteiger partial charge in [0.25, 0.3) is 0 Å². The van der Waals surface area contributed by atoms with E-state index >= 15 is 0 Å². The number of aromatic nitrogens is 2. The Hall–Kier alpha value is -2.33. The largest absolute Gasteiger partial charge is 0.496 e. The van der Waals surface area contributed by atoms with Crippen LogP contribution in [0.3, 0.4) is 0 Å². The normalized spacial score (nSPS) is 12.6. The van der Waals surface area contributed by atoms with Gasteiger partial charge >= 0.3 is 0 Å². The predicted molar refractivity (Wildman–Crippen MR) is 79.0 cm³/mol. The highest BCUT2D eigenvalue weighted by atomic mass is 16.5. The molecule has 1 atom stereocenters. The van der Waals surface area contributed by atoms with E-state index in [-0.39, 0.29) is 6.04 Å². The molecule has 20 heavy (non-hydrogen) atoms. The summed E-state index contributed by atoms with van der Waals surface area (Å²) in [7, 11) is 1.66. The molecule has 0 fully saturated rings. The molecule has 0 radical (unpaired) electrons. The van der Waals surface area contributed by atoms with E-state index < -0.39 is 0 Å². The minimum absolute atomic E-state index is 0.259. The highest BCUT2D eigenvalue weighted by Crippen LogP contribution is 2.31. The lowest BCUT2D eigenvalue weighted by molar-refractivity contribution is 0.408. The van der Waals surface area contributed by atoms with E-state index in [1.165, 1.54) is 0 Å². The number of benzene rings is 1. The van der Waals surface area contributed by atoms with Crippen molar-refractivity contribution >= 4 is 5.52 Å². The molecule has 1 unspecified atom stereocenters. The van der Waals surface area contributed by atoms with Gasteiger partial charge < -0.3 is 10.5 Å². The molecule has 0 amide bonds. The maximum atomic E-state index is 6.44. The number of nitrogens with two attached hydrogens (primary N) is 1. The summed E-state index contributed by atoms with van der Waals surface area (Å²) in [6, 6.07) is 11.7. The van der Waals surface area contributed by atoms with Crippen LogP contribution in [-0.2, 0) is 0 Å². The lowest BCUT2D eigenvalue weighted by Crippen LogP contribution is -2.13. The monoisotopic (exact) mass is 267 g/mol. The summed E-state index contributed by atoms with van der Waals surface area (Å²) in [5, 5.41) is 4.34. The number of rotatable bonds is 3. The second-order valence-corrected chi connectivity index (χ2v) is 4.85. The molecule has 3 rings (SSSR count). The Kier molecular flexibility index (Phi) is 3.16. The minimum Gasteiger partial charge on any atom is -0.496 e. The minimum atomic E-state index is -0.259. The first-order valence-corrected chi connectivity index (χ1v) is 6.53. The van der Waals surface area contributed by atoms with Crippen molar-refractivity contribution in [2.45, 2.75) is 13.0 Å². The summed E-state index contributed by atoms with van der Waals surface area (Å²) in [5.74, 6) is 0.804. The molecule has 2 heterocycles. The third kappa shape index (κ3) is 2.04. The first-order chi connectivity index (χ1) is 9.70. The van der Waals surface area contributed by atoms with E-state index in [0.29, 0.717) is 0 Å². The van der Waals surface area contributed by atoms with E-state index in [2.05, 4.69) is 11.2 Å². The van der Waals surface area contributed by atoms with Crippen molar-refractivity contribution in [2.75, 3.05) is 7.11 Å². The molecule has 4 heteroatoms. The lowest BCUT2D eigenvalue weighted by atomic mass is 9.98. The predicted octanol–water partition coefficient (Wildman–Crippen LogP) is 2.70. The zero-order valence-electron chi connectivity index (χ0n) is 11.6. The van der Waals surface area contributed by atoms with Crippen LogP contribution in [0, 0.1) is 6.92 Å².